The zero-order valence-corrected chi connectivity index (χ0v) is 22.5. The van der Waals surface area contributed by atoms with E-state index in [-0.39, 0.29) is 29.4 Å². The van der Waals surface area contributed by atoms with Gasteiger partial charge in [0, 0.05) is 56.4 Å². The van der Waals surface area contributed by atoms with Gasteiger partial charge in [-0.1, -0.05) is 25.4 Å². The Labute approximate surface area is 218 Å². The van der Waals surface area contributed by atoms with Gasteiger partial charge in [-0.05, 0) is 50.2 Å². The molecule has 2 fully saturated rings. The maximum absolute atomic E-state index is 13.0. The van der Waals surface area contributed by atoms with Gasteiger partial charge < -0.3 is 25.4 Å². The van der Waals surface area contributed by atoms with Crippen molar-refractivity contribution in [2.45, 2.75) is 59.2 Å². The van der Waals surface area contributed by atoms with E-state index in [4.69, 9.17) is 21.1 Å². The largest absolute Gasteiger partial charge is 0.383 e. The third-order valence-corrected chi connectivity index (χ3v) is 7.46. The lowest BCUT2D eigenvalue weighted by molar-refractivity contribution is -0.124. The summed E-state index contributed by atoms with van der Waals surface area (Å²) in [6.07, 6.45) is 8.08. The second-order valence-corrected chi connectivity index (χ2v) is 10.8. The fraction of sp³-hybridized carbons (Fsp3) is 0.593. The second-order valence-electron chi connectivity index (χ2n) is 10.4. The number of aromatic nitrogens is 2. The van der Waals surface area contributed by atoms with Gasteiger partial charge in [0.25, 0.3) is 0 Å². The van der Waals surface area contributed by atoms with Crippen molar-refractivity contribution < 1.29 is 14.3 Å². The standard InChI is InChI=1S/C27H38ClN5O3/c1-5-18-20(11-29-14-23(18)32-16-27(4)6-8-35-9-7-27)19-10-25(31-13-22(19)28)33-26(34)21-12-30-15-24(21)36-17(2)3/h10-11,13-14,17,21,24,30,32H,5-9,12,15-16H2,1-4H3,(H,31,33,34). The normalized spacial score (nSPS) is 21.5. The van der Waals surface area contributed by atoms with Crippen molar-refractivity contribution in [2.24, 2.45) is 11.3 Å². The number of ether oxygens (including phenoxy) is 2. The number of carbonyl (C=O) groups is 1. The first-order valence-corrected chi connectivity index (χ1v) is 13.3. The van der Waals surface area contributed by atoms with E-state index in [0.717, 1.165) is 61.4 Å². The molecule has 2 aromatic heterocycles. The number of halogens is 1. The maximum atomic E-state index is 13.0. The highest BCUT2D eigenvalue weighted by molar-refractivity contribution is 6.33. The first kappa shape index (κ1) is 26.8. The van der Waals surface area contributed by atoms with Gasteiger partial charge >= 0.3 is 0 Å². The molecule has 2 aliphatic rings. The molecule has 2 unspecified atom stereocenters. The van der Waals surface area contributed by atoms with Crippen LogP contribution >= 0.6 is 11.6 Å². The second kappa shape index (κ2) is 11.9. The Kier molecular flexibility index (Phi) is 8.83. The van der Waals surface area contributed by atoms with E-state index in [1.54, 1.807) is 6.20 Å². The molecule has 0 radical (unpaired) electrons. The molecule has 0 aliphatic carbocycles. The number of amides is 1. The number of rotatable bonds is 9. The number of nitrogens with one attached hydrogen (secondary N) is 3. The highest BCUT2D eigenvalue weighted by Gasteiger charge is 2.34. The van der Waals surface area contributed by atoms with Crippen molar-refractivity contribution in [3.05, 3.63) is 35.2 Å². The smallest absolute Gasteiger partial charge is 0.232 e. The van der Waals surface area contributed by atoms with E-state index < -0.39 is 0 Å². The van der Waals surface area contributed by atoms with Gasteiger partial charge in [0.05, 0.1) is 35.0 Å². The van der Waals surface area contributed by atoms with E-state index in [2.05, 4.69) is 39.8 Å². The number of pyridine rings is 2. The molecule has 0 bridgehead atoms. The molecule has 4 heterocycles. The maximum Gasteiger partial charge on any atom is 0.232 e. The van der Waals surface area contributed by atoms with Crippen LogP contribution in [0.2, 0.25) is 5.02 Å². The van der Waals surface area contributed by atoms with Gasteiger partial charge in [0.15, 0.2) is 0 Å². The number of hydrogen-bond donors (Lipinski definition) is 3. The highest BCUT2D eigenvalue weighted by Crippen LogP contribution is 2.36. The Balaban J connectivity index is 1.54. The van der Waals surface area contributed by atoms with Crippen molar-refractivity contribution in [2.75, 3.05) is 43.5 Å². The van der Waals surface area contributed by atoms with Crippen molar-refractivity contribution in [3.8, 4) is 11.1 Å². The predicted molar refractivity (Wildman–Crippen MR) is 144 cm³/mol. The van der Waals surface area contributed by atoms with E-state index in [1.807, 2.05) is 32.3 Å². The van der Waals surface area contributed by atoms with Crippen LogP contribution in [0.4, 0.5) is 11.5 Å². The number of carbonyl (C=O) groups excluding carboxylic acids is 1. The number of hydrogen-bond acceptors (Lipinski definition) is 7. The fourth-order valence-electron chi connectivity index (χ4n) is 4.94. The van der Waals surface area contributed by atoms with Crippen LogP contribution < -0.4 is 16.0 Å². The summed E-state index contributed by atoms with van der Waals surface area (Å²) in [6.45, 7) is 12.1. The SMILES string of the molecule is CCc1c(NCC2(C)CCOCC2)cncc1-c1cc(NC(=O)C2CNCC2OC(C)C)ncc1Cl. The summed E-state index contributed by atoms with van der Waals surface area (Å²) in [4.78, 5) is 21.9. The van der Waals surface area contributed by atoms with Crippen LogP contribution in [0.15, 0.2) is 24.7 Å². The highest BCUT2D eigenvalue weighted by atomic mass is 35.5. The summed E-state index contributed by atoms with van der Waals surface area (Å²) in [6, 6.07) is 1.83. The van der Waals surface area contributed by atoms with Crippen molar-refractivity contribution in [1.82, 2.24) is 15.3 Å². The van der Waals surface area contributed by atoms with Crippen molar-refractivity contribution in [1.29, 1.82) is 0 Å². The Bertz CT molecular complexity index is 1060. The molecular formula is C27H38ClN5O3. The predicted octanol–water partition coefficient (Wildman–Crippen LogP) is 4.54. The lowest BCUT2D eigenvalue weighted by Gasteiger charge is -2.34. The van der Waals surface area contributed by atoms with Gasteiger partial charge in [-0.2, -0.15) is 0 Å². The van der Waals surface area contributed by atoms with E-state index in [0.29, 0.717) is 23.9 Å². The zero-order chi connectivity index (χ0) is 25.7. The molecule has 1 amide bonds. The molecular weight excluding hydrogens is 478 g/mol. The monoisotopic (exact) mass is 515 g/mol. The first-order valence-electron chi connectivity index (χ1n) is 12.9. The molecule has 36 heavy (non-hydrogen) atoms. The quantitative estimate of drug-likeness (QED) is 0.451. The molecule has 3 N–H and O–H groups in total. The topological polar surface area (TPSA) is 97.4 Å². The fourth-order valence-corrected chi connectivity index (χ4v) is 5.15. The lowest BCUT2D eigenvalue weighted by atomic mass is 9.82. The third kappa shape index (κ3) is 6.35. The Morgan fingerprint density at radius 1 is 1.25 bits per heavy atom. The molecule has 0 aromatic carbocycles. The van der Waals surface area contributed by atoms with Gasteiger partial charge in [-0.3, -0.25) is 9.78 Å². The number of anilines is 2. The van der Waals surface area contributed by atoms with Crippen LogP contribution in [0.5, 0.6) is 0 Å². The Morgan fingerprint density at radius 3 is 2.75 bits per heavy atom. The average molecular weight is 516 g/mol. The van der Waals surface area contributed by atoms with Crippen LogP contribution in [0.3, 0.4) is 0 Å². The zero-order valence-electron chi connectivity index (χ0n) is 21.7. The van der Waals surface area contributed by atoms with Crippen LogP contribution in [0, 0.1) is 11.3 Å². The van der Waals surface area contributed by atoms with Gasteiger partial charge in [0.2, 0.25) is 5.91 Å². The molecule has 196 valence electrons. The Hall–Kier alpha value is -2.26. The lowest BCUT2D eigenvalue weighted by Crippen LogP contribution is -2.35. The first-order chi connectivity index (χ1) is 17.3. The minimum absolute atomic E-state index is 0.0559. The molecule has 8 nitrogen and oxygen atoms in total. The molecule has 2 aromatic rings. The molecule has 2 saturated heterocycles. The molecule has 0 saturated carbocycles. The minimum Gasteiger partial charge on any atom is -0.383 e. The summed E-state index contributed by atoms with van der Waals surface area (Å²) in [5.41, 5.74) is 4.07. The molecule has 2 aliphatic heterocycles. The average Bonchev–Trinajstić information content (AvgIpc) is 3.31. The van der Waals surface area contributed by atoms with Crippen LogP contribution in [0.25, 0.3) is 11.1 Å². The van der Waals surface area contributed by atoms with Crippen LogP contribution in [-0.4, -0.2) is 60.9 Å². The van der Waals surface area contributed by atoms with E-state index in [1.165, 1.54) is 0 Å². The molecule has 9 heteroatoms. The van der Waals surface area contributed by atoms with Gasteiger partial charge in [0.1, 0.15) is 5.82 Å². The summed E-state index contributed by atoms with van der Waals surface area (Å²) in [7, 11) is 0. The van der Waals surface area contributed by atoms with Crippen molar-refractivity contribution >= 4 is 29.0 Å². The molecule has 0 spiro atoms. The van der Waals surface area contributed by atoms with Crippen LogP contribution in [-0.2, 0) is 20.7 Å². The molecule has 2 atom stereocenters. The van der Waals surface area contributed by atoms with Crippen molar-refractivity contribution in [3.63, 3.8) is 0 Å². The third-order valence-electron chi connectivity index (χ3n) is 7.16. The van der Waals surface area contributed by atoms with E-state index >= 15 is 0 Å². The summed E-state index contributed by atoms with van der Waals surface area (Å²) < 4.78 is 11.5. The number of nitrogens with zero attached hydrogens (tertiary/aromatic N) is 2. The van der Waals surface area contributed by atoms with E-state index in [9.17, 15) is 4.79 Å². The minimum atomic E-state index is -0.278. The van der Waals surface area contributed by atoms with Crippen LogP contribution in [0.1, 0.15) is 46.1 Å². The summed E-state index contributed by atoms with van der Waals surface area (Å²) in [5.74, 6) is 0.0744. The summed E-state index contributed by atoms with van der Waals surface area (Å²) in [5, 5.41) is 10.4. The van der Waals surface area contributed by atoms with Gasteiger partial charge in [-0.15, -0.1) is 0 Å². The van der Waals surface area contributed by atoms with Gasteiger partial charge in [-0.25, -0.2) is 4.98 Å². The Morgan fingerprint density at radius 2 is 2.03 bits per heavy atom. The summed E-state index contributed by atoms with van der Waals surface area (Å²) >= 11 is 6.61. The molecule has 4 rings (SSSR count).